The Hall–Kier alpha value is -1.67. The third kappa shape index (κ3) is 6.67. The molecule has 0 amide bonds. The van der Waals surface area contributed by atoms with Crippen molar-refractivity contribution in [3.8, 4) is 0 Å². The molecule has 0 aliphatic heterocycles. The molecule has 0 aliphatic carbocycles. The van der Waals surface area contributed by atoms with Crippen molar-refractivity contribution in [3.63, 3.8) is 0 Å². The molecule has 170 valence electrons. The number of rotatable bonds is 13. The van der Waals surface area contributed by atoms with Gasteiger partial charge in [-0.3, -0.25) is 4.90 Å². The van der Waals surface area contributed by atoms with Gasteiger partial charge in [-0.25, -0.2) is 18.4 Å². The zero-order valence-electron chi connectivity index (χ0n) is 19.5. The van der Waals surface area contributed by atoms with Gasteiger partial charge in [0.05, 0.1) is 24.2 Å². The number of hydrogen-bond donors (Lipinski definition) is 0. The Labute approximate surface area is 182 Å². The Bertz CT molecular complexity index is 883. The average Bonchev–Trinajstić information content (AvgIpc) is 3.25. The van der Waals surface area contributed by atoms with Crippen LogP contribution in [0.15, 0.2) is 23.7 Å². The van der Waals surface area contributed by atoms with E-state index in [4.69, 9.17) is 0 Å². The monoisotopic (exact) mass is 437 g/mol. The molecule has 2 aromatic rings. The summed E-state index contributed by atoms with van der Waals surface area (Å²) >= 11 is 0. The average molecular weight is 438 g/mol. The van der Waals surface area contributed by atoms with Crippen molar-refractivity contribution >= 4 is 9.84 Å². The van der Waals surface area contributed by atoms with Crippen molar-refractivity contribution < 1.29 is 8.42 Å². The minimum absolute atomic E-state index is 0.162. The maximum Gasteiger partial charge on any atom is 0.227 e. The van der Waals surface area contributed by atoms with Crippen LogP contribution in [0, 0.1) is 5.92 Å². The zero-order chi connectivity index (χ0) is 22.3. The maximum atomic E-state index is 13.0. The van der Waals surface area contributed by atoms with Gasteiger partial charge in [-0.1, -0.05) is 27.2 Å². The van der Waals surface area contributed by atoms with Crippen molar-refractivity contribution in [1.82, 2.24) is 24.0 Å². The second kappa shape index (κ2) is 11.1. The molecular weight excluding hydrogens is 398 g/mol. The topological polar surface area (TPSA) is 73.0 Å². The van der Waals surface area contributed by atoms with E-state index >= 15 is 0 Å². The van der Waals surface area contributed by atoms with Crippen LogP contribution < -0.4 is 0 Å². The first kappa shape index (κ1) is 24.6. The molecule has 30 heavy (non-hydrogen) atoms. The maximum absolute atomic E-state index is 13.0. The van der Waals surface area contributed by atoms with Crippen LogP contribution in [0.25, 0.3) is 0 Å². The lowest BCUT2D eigenvalue weighted by molar-refractivity contribution is 0.191. The van der Waals surface area contributed by atoms with Crippen molar-refractivity contribution in [2.75, 3.05) is 5.75 Å². The van der Waals surface area contributed by atoms with Gasteiger partial charge in [0.15, 0.2) is 0 Å². The van der Waals surface area contributed by atoms with E-state index in [-0.39, 0.29) is 10.9 Å². The second-order valence-corrected chi connectivity index (χ2v) is 10.8. The first-order valence-electron chi connectivity index (χ1n) is 11.1. The molecule has 0 bridgehead atoms. The van der Waals surface area contributed by atoms with Crippen LogP contribution in [-0.2, 0) is 36.5 Å². The molecule has 2 heterocycles. The van der Waals surface area contributed by atoms with E-state index in [0.29, 0.717) is 38.0 Å². The summed E-state index contributed by atoms with van der Waals surface area (Å²) in [6.45, 7) is 12.7. The van der Waals surface area contributed by atoms with E-state index in [0.717, 1.165) is 30.8 Å². The molecule has 0 atom stereocenters. The number of imidazole rings is 2. The van der Waals surface area contributed by atoms with Crippen LogP contribution >= 0.6 is 0 Å². The number of nitrogens with zero attached hydrogens (tertiary/aromatic N) is 5. The van der Waals surface area contributed by atoms with E-state index < -0.39 is 9.84 Å². The van der Waals surface area contributed by atoms with Gasteiger partial charge in [0.25, 0.3) is 0 Å². The van der Waals surface area contributed by atoms with Crippen LogP contribution in [0.4, 0.5) is 0 Å². The van der Waals surface area contributed by atoms with Gasteiger partial charge in [-0.2, -0.15) is 0 Å². The minimum atomic E-state index is -3.39. The van der Waals surface area contributed by atoms with Gasteiger partial charge < -0.3 is 9.13 Å². The van der Waals surface area contributed by atoms with Crippen LogP contribution in [0.2, 0.25) is 0 Å². The number of unbranched alkanes of at least 4 members (excludes halogenated alkanes) is 1. The number of aromatic nitrogens is 4. The van der Waals surface area contributed by atoms with E-state index in [1.54, 1.807) is 12.4 Å². The first-order chi connectivity index (χ1) is 14.2. The molecule has 0 saturated heterocycles. The smallest absolute Gasteiger partial charge is 0.227 e. The predicted octanol–water partition coefficient (Wildman–Crippen LogP) is 4.04. The van der Waals surface area contributed by atoms with Crippen molar-refractivity contribution in [1.29, 1.82) is 0 Å². The highest BCUT2D eigenvalue weighted by Gasteiger charge is 2.24. The van der Waals surface area contributed by atoms with Gasteiger partial charge >= 0.3 is 0 Å². The van der Waals surface area contributed by atoms with Crippen LogP contribution in [0.5, 0.6) is 0 Å². The lowest BCUT2D eigenvalue weighted by Crippen LogP contribution is -2.32. The highest BCUT2D eigenvalue weighted by atomic mass is 32.2. The summed E-state index contributed by atoms with van der Waals surface area (Å²) in [5.74, 6) is 1.65. The lowest BCUT2D eigenvalue weighted by Gasteiger charge is -2.26. The number of hydrogen-bond acceptors (Lipinski definition) is 5. The van der Waals surface area contributed by atoms with Crippen molar-refractivity contribution in [2.24, 2.45) is 13.0 Å². The fourth-order valence-corrected chi connectivity index (χ4v) is 4.94. The van der Waals surface area contributed by atoms with Crippen LogP contribution in [-0.4, -0.2) is 44.2 Å². The van der Waals surface area contributed by atoms with Gasteiger partial charge in [0.1, 0.15) is 5.82 Å². The molecule has 0 aliphatic rings. The standard InChI is InChI=1S/C22H39N5O2S/c1-7-8-12-27-20(15-24-22(27)30(28,29)14-9-10-18(2)3)16-26(19(4)5)17-21-23-11-13-25(21)6/h11,13,15,18-19H,7-10,12,14,16-17H2,1-6H3. The molecule has 0 unspecified atom stereocenters. The van der Waals surface area contributed by atoms with Crippen LogP contribution in [0.1, 0.15) is 71.8 Å². The largest absolute Gasteiger partial charge is 0.337 e. The molecule has 2 rings (SSSR count). The fourth-order valence-electron chi connectivity index (χ4n) is 3.45. The summed E-state index contributed by atoms with van der Waals surface area (Å²) in [5, 5.41) is 0.232. The molecule has 8 heteroatoms. The van der Waals surface area contributed by atoms with Gasteiger partial charge in [-0.15, -0.1) is 0 Å². The van der Waals surface area contributed by atoms with Gasteiger partial charge in [0, 0.05) is 38.6 Å². The summed E-state index contributed by atoms with van der Waals surface area (Å²) in [7, 11) is -1.40. The highest BCUT2D eigenvalue weighted by Crippen LogP contribution is 2.20. The zero-order valence-corrected chi connectivity index (χ0v) is 20.3. The Morgan fingerprint density at radius 3 is 2.40 bits per heavy atom. The summed E-state index contributed by atoms with van der Waals surface area (Å²) in [5.41, 5.74) is 0.953. The van der Waals surface area contributed by atoms with E-state index in [1.165, 1.54) is 0 Å². The van der Waals surface area contributed by atoms with E-state index in [9.17, 15) is 8.42 Å². The molecular formula is C22H39N5O2S. The summed E-state index contributed by atoms with van der Waals surface area (Å²) < 4.78 is 30.0. The Kier molecular flexibility index (Phi) is 9.09. The Balaban J connectivity index is 2.26. The summed E-state index contributed by atoms with van der Waals surface area (Å²) in [6, 6.07) is 0.294. The van der Waals surface area contributed by atoms with Crippen molar-refractivity contribution in [3.05, 3.63) is 30.1 Å². The molecule has 7 nitrogen and oxygen atoms in total. The Morgan fingerprint density at radius 1 is 1.10 bits per heavy atom. The van der Waals surface area contributed by atoms with Crippen LogP contribution in [0.3, 0.4) is 0 Å². The predicted molar refractivity (Wildman–Crippen MR) is 121 cm³/mol. The molecule has 0 aromatic carbocycles. The highest BCUT2D eigenvalue weighted by molar-refractivity contribution is 7.91. The lowest BCUT2D eigenvalue weighted by atomic mass is 10.1. The minimum Gasteiger partial charge on any atom is -0.337 e. The molecule has 0 saturated carbocycles. The summed E-state index contributed by atoms with van der Waals surface area (Å²) in [6.07, 6.45) is 9.02. The number of aryl methyl sites for hydroxylation is 1. The SMILES string of the molecule is CCCCn1c(CN(Cc2nccn2C)C(C)C)cnc1S(=O)(=O)CCCC(C)C. The normalized spacial score (nSPS) is 12.6. The second-order valence-electron chi connectivity index (χ2n) is 8.85. The molecule has 2 aromatic heterocycles. The van der Waals surface area contributed by atoms with E-state index in [1.807, 2.05) is 22.4 Å². The molecule has 0 spiro atoms. The van der Waals surface area contributed by atoms with Gasteiger partial charge in [0.2, 0.25) is 15.0 Å². The third-order valence-corrected chi connectivity index (χ3v) is 7.18. The number of sulfone groups is 1. The Morgan fingerprint density at radius 2 is 1.83 bits per heavy atom. The quantitative estimate of drug-likeness (QED) is 0.473. The molecule has 0 radical (unpaired) electrons. The van der Waals surface area contributed by atoms with Crippen molar-refractivity contribution in [2.45, 2.75) is 91.1 Å². The summed E-state index contributed by atoms with van der Waals surface area (Å²) in [4.78, 5) is 11.1. The fraction of sp³-hybridized carbons (Fsp3) is 0.727. The third-order valence-electron chi connectivity index (χ3n) is 5.47. The molecule has 0 fully saturated rings. The first-order valence-corrected chi connectivity index (χ1v) is 12.8. The van der Waals surface area contributed by atoms with E-state index in [2.05, 4.69) is 49.5 Å². The molecule has 0 N–H and O–H groups in total. The van der Waals surface area contributed by atoms with Gasteiger partial charge in [-0.05, 0) is 39.0 Å².